The van der Waals surface area contributed by atoms with Gasteiger partial charge in [0.2, 0.25) is 0 Å². The molecule has 1 aliphatic heterocycles. The van der Waals surface area contributed by atoms with E-state index in [0.29, 0.717) is 32.7 Å². The van der Waals surface area contributed by atoms with Gasteiger partial charge in [-0.15, -0.1) is 0 Å². The van der Waals surface area contributed by atoms with E-state index in [0.717, 1.165) is 10.6 Å². The molecule has 0 aromatic carbocycles. The summed E-state index contributed by atoms with van der Waals surface area (Å²) in [4.78, 5) is 10.9. The first-order chi connectivity index (χ1) is 5.74. The van der Waals surface area contributed by atoms with Crippen LogP contribution in [0.5, 0.6) is 0 Å². The predicted octanol–water partition coefficient (Wildman–Crippen LogP) is -0.157. The summed E-state index contributed by atoms with van der Waals surface area (Å²) in [6.07, 6.45) is -0.189. The molecule has 0 unspecified atom stereocenters. The van der Waals surface area contributed by atoms with Gasteiger partial charge in [0.15, 0.2) is 0 Å². The molecule has 3 nitrogen and oxygen atoms in total. The van der Waals surface area contributed by atoms with Crippen LogP contribution >= 0.6 is 0 Å². The third-order valence-electron chi connectivity index (χ3n) is 1.56. The number of esters is 1. The van der Waals surface area contributed by atoms with Crippen molar-refractivity contribution in [3.8, 4) is 0 Å². The van der Waals surface area contributed by atoms with Gasteiger partial charge in [0.05, 0.1) is 0 Å². The molecule has 0 aliphatic carbocycles. The number of carbonyl (C=O) groups excluding carboxylic acids is 1. The van der Waals surface area contributed by atoms with E-state index in [1.807, 2.05) is 0 Å². The molecule has 0 aromatic rings. The molecule has 1 saturated heterocycles. The Labute approximate surface area is 83.1 Å². The van der Waals surface area contributed by atoms with Crippen LogP contribution in [0.1, 0.15) is 13.3 Å². The van der Waals surface area contributed by atoms with Crippen molar-refractivity contribution in [2.24, 2.45) is 0 Å². The predicted molar refractivity (Wildman–Crippen MR) is 47.3 cm³/mol. The van der Waals surface area contributed by atoms with Crippen LogP contribution in [0.15, 0.2) is 0 Å². The van der Waals surface area contributed by atoms with E-state index in [4.69, 9.17) is 4.74 Å². The second-order valence-corrected chi connectivity index (χ2v) is 10.0. The third-order valence-corrected chi connectivity index (χ3v) is 8.67. The van der Waals surface area contributed by atoms with Crippen molar-refractivity contribution in [1.82, 2.24) is 0 Å². The first kappa shape index (κ1) is 10.5. The molecule has 1 aliphatic rings. The second kappa shape index (κ2) is 5.25. The van der Waals surface area contributed by atoms with Crippen LogP contribution in [0.25, 0.3) is 0 Å². The Balaban J connectivity index is 2.33. The quantitative estimate of drug-likeness (QED) is 0.570. The maximum atomic E-state index is 10.9. The Bertz CT molecular complexity index is 163. The molecule has 0 radical (unpaired) electrons. The Morgan fingerprint density at radius 1 is 1.58 bits per heavy atom. The molecular weight excluding hydrogens is 290 g/mol. The first-order valence-corrected chi connectivity index (χ1v) is 10.6. The Morgan fingerprint density at radius 3 is 2.83 bits per heavy atom. The van der Waals surface area contributed by atoms with Gasteiger partial charge in [0.1, 0.15) is 0 Å². The molecule has 0 saturated carbocycles. The monoisotopic (exact) mass is 304 g/mol. The molecule has 70 valence electrons. The number of hydrogen-bond donors (Lipinski definition) is 1. The van der Waals surface area contributed by atoms with Gasteiger partial charge in [-0.25, -0.2) is 0 Å². The van der Waals surface area contributed by atoms with Gasteiger partial charge in [-0.1, -0.05) is 0 Å². The summed E-state index contributed by atoms with van der Waals surface area (Å²) < 4.78 is 5.09. The first-order valence-electron chi connectivity index (χ1n) is 3.86. The molecular formula is C7H12O3Se2. The molecule has 0 bridgehead atoms. The summed E-state index contributed by atoms with van der Waals surface area (Å²) in [6.45, 7) is 1.77. The molecule has 1 N–H and O–H groups in total. The standard InChI is InChI=1S/C7H12O3Se2/c1-2-7(9)10-6-4-12-11-3-5(6)8/h5-6,8H,2-4H2,1H3/t5-,6-/m1/s1. The number of aliphatic hydroxyl groups is 1. The van der Waals surface area contributed by atoms with E-state index in [1.54, 1.807) is 6.92 Å². The molecule has 1 fully saturated rings. The fourth-order valence-corrected chi connectivity index (χ4v) is 7.93. The minimum absolute atomic E-state index is 0.191. The summed E-state index contributed by atoms with van der Waals surface area (Å²) in [7, 11) is 0. The molecule has 2 atom stereocenters. The molecule has 1 rings (SSSR count). The Morgan fingerprint density at radius 2 is 2.25 bits per heavy atom. The van der Waals surface area contributed by atoms with Crippen molar-refractivity contribution in [1.29, 1.82) is 0 Å². The van der Waals surface area contributed by atoms with Gasteiger partial charge >= 0.3 is 83.1 Å². The molecule has 0 aromatic heterocycles. The summed E-state index contributed by atoms with van der Waals surface area (Å²) >= 11 is 1.23. The van der Waals surface area contributed by atoms with Gasteiger partial charge in [-0.3, -0.25) is 0 Å². The van der Waals surface area contributed by atoms with E-state index >= 15 is 0 Å². The van der Waals surface area contributed by atoms with E-state index in [1.165, 1.54) is 0 Å². The summed E-state index contributed by atoms with van der Waals surface area (Å²) in [5, 5.41) is 11.2. The van der Waals surface area contributed by atoms with Crippen LogP contribution in [0, 0.1) is 0 Å². The van der Waals surface area contributed by atoms with Crippen molar-refractivity contribution >= 4 is 32.2 Å². The van der Waals surface area contributed by atoms with Crippen molar-refractivity contribution in [2.75, 3.05) is 0 Å². The van der Waals surface area contributed by atoms with Crippen LogP contribution in [0.2, 0.25) is 10.6 Å². The van der Waals surface area contributed by atoms with Crippen molar-refractivity contribution in [3.63, 3.8) is 0 Å². The molecule has 1 heterocycles. The van der Waals surface area contributed by atoms with Gasteiger partial charge in [0, 0.05) is 0 Å². The van der Waals surface area contributed by atoms with E-state index in [-0.39, 0.29) is 12.1 Å². The Kier molecular flexibility index (Phi) is 4.62. The van der Waals surface area contributed by atoms with Gasteiger partial charge in [-0.2, -0.15) is 0 Å². The van der Waals surface area contributed by atoms with Crippen molar-refractivity contribution in [2.45, 2.75) is 36.2 Å². The minimum atomic E-state index is -0.392. The summed E-state index contributed by atoms with van der Waals surface area (Å²) in [6, 6.07) is 0. The molecule has 5 heteroatoms. The summed E-state index contributed by atoms with van der Waals surface area (Å²) in [5.74, 6) is -0.191. The number of hydrogen-bond acceptors (Lipinski definition) is 3. The van der Waals surface area contributed by atoms with Crippen molar-refractivity contribution < 1.29 is 14.6 Å². The topological polar surface area (TPSA) is 46.5 Å². The van der Waals surface area contributed by atoms with Gasteiger partial charge in [0.25, 0.3) is 0 Å². The van der Waals surface area contributed by atoms with E-state index in [9.17, 15) is 9.90 Å². The fraction of sp³-hybridized carbons (Fsp3) is 0.857. The normalized spacial score (nSPS) is 29.8. The zero-order chi connectivity index (χ0) is 8.97. The average molecular weight is 302 g/mol. The van der Waals surface area contributed by atoms with E-state index < -0.39 is 6.10 Å². The maximum absolute atomic E-state index is 10.9. The zero-order valence-corrected chi connectivity index (χ0v) is 10.3. The molecule has 0 spiro atoms. The zero-order valence-electron chi connectivity index (χ0n) is 6.86. The van der Waals surface area contributed by atoms with E-state index in [2.05, 4.69) is 0 Å². The Hall–Kier alpha value is 0.469. The number of rotatable bonds is 2. The van der Waals surface area contributed by atoms with Crippen molar-refractivity contribution in [3.05, 3.63) is 0 Å². The average Bonchev–Trinajstić information content (AvgIpc) is 2.09. The number of ether oxygens (including phenoxy) is 1. The number of aliphatic hydroxyl groups excluding tert-OH is 1. The second-order valence-electron chi connectivity index (χ2n) is 2.52. The SMILES string of the molecule is CCC(=O)O[C@@H]1C[Se][Se]C[C@H]1O. The van der Waals surface area contributed by atoms with Crippen LogP contribution in [-0.2, 0) is 9.53 Å². The number of carbonyl (C=O) groups is 1. The third kappa shape index (κ3) is 3.08. The van der Waals surface area contributed by atoms with Crippen LogP contribution in [-0.4, -0.2) is 49.5 Å². The summed E-state index contributed by atoms with van der Waals surface area (Å²) in [5.41, 5.74) is 0. The van der Waals surface area contributed by atoms with Gasteiger partial charge in [-0.05, 0) is 0 Å². The molecule has 0 amide bonds. The van der Waals surface area contributed by atoms with Crippen LogP contribution in [0.3, 0.4) is 0 Å². The van der Waals surface area contributed by atoms with Crippen LogP contribution < -0.4 is 0 Å². The van der Waals surface area contributed by atoms with Crippen LogP contribution in [0.4, 0.5) is 0 Å². The van der Waals surface area contributed by atoms with Gasteiger partial charge < -0.3 is 0 Å². The molecule has 12 heavy (non-hydrogen) atoms. The fourth-order valence-electron chi connectivity index (χ4n) is 0.816.